The number of benzene rings is 1. The van der Waals surface area contributed by atoms with Crippen LogP contribution in [0.25, 0.3) is 0 Å². The lowest BCUT2D eigenvalue weighted by atomic mass is 9.82. The van der Waals surface area contributed by atoms with E-state index in [0.717, 1.165) is 55.3 Å². The van der Waals surface area contributed by atoms with Gasteiger partial charge in [0.2, 0.25) is 10.0 Å². The van der Waals surface area contributed by atoms with E-state index in [1.807, 2.05) is 12.2 Å². The number of allylic oxidation sites excluding steroid dienone is 1. The zero-order valence-corrected chi connectivity index (χ0v) is 18.8. The third-order valence-electron chi connectivity index (χ3n) is 5.19. The van der Waals surface area contributed by atoms with E-state index < -0.39 is 21.8 Å². The van der Waals surface area contributed by atoms with E-state index in [-0.39, 0.29) is 10.8 Å². The van der Waals surface area contributed by atoms with Crippen LogP contribution in [-0.4, -0.2) is 44.9 Å². The van der Waals surface area contributed by atoms with Gasteiger partial charge >= 0.3 is 6.18 Å². The highest BCUT2D eigenvalue weighted by Gasteiger charge is 2.32. The zero-order chi connectivity index (χ0) is 21.5. The van der Waals surface area contributed by atoms with Crippen molar-refractivity contribution in [2.45, 2.75) is 36.8 Å². The number of nitrogens with zero attached hydrogens (tertiary/aromatic N) is 1. The molecule has 1 fully saturated rings. The van der Waals surface area contributed by atoms with E-state index in [1.54, 1.807) is 0 Å². The van der Waals surface area contributed by atoms with Crippen molar-refractivity contribution in [2.75, 3.05) is 32.1 Å². The van der Waals surface area contributed by atoms with Crippen molar-refractivity contribution in [2.24, 2.45) is 11.8 Å². The highest BCUT2D eigenvalue weighted by atomic mass is 79.9. The van der Waals surface area contributed by atoms with Crippen LogP contribution in [0.15, 0.2) is 41.3 Å². The lowest BCUT2D eigenvalue weighted by Crippen LogP contribution is -2.34. The summed E-state index contributed by atoms with van der Waals surface area (Å²) in [6, 6.07) is 3.65. The number of halogens is 4. The Hall–Kier alpha value is -0.900. The molecule has 2 rings (SSSR count). The van der Waals surface area contributed by atoms with Crippen LogP contribution in [0.4, 0.5) is 13.2 Å². The average molecular weight is 498 g/mol. The fourth-order valence-electron chi connectivity index (χ4n) is 3.47. The Bertz CT molecular complexity index is 758. The monoisotopic (exact) mass is 497 g/mol. The van der Waals surface area contributed by atoms with Crippen molar-refractivity contribution < 1.29 is 26.3 Å². The first-order chi connectivity index (χ1) is 13.6. The van der Waals surface area contributed by atoms with E-state index >= 15 is 0 Å². The van der Waals surface area contributed by atoms with Crippen LogP contribution in [0.3, 0.4) is 0 Å². The molecule has 29 heavy (non-hydrogen) atoms. The van der Waals surface area contributed by atoms with Crippen molar-refractivity contribution in [3.8, 4) is 0 Å². The fraction of sp³-hybridized carbons (Fsp3) is 0.600. The summed E-state index contributed by atoms with van der Waals surface area (Å²) >= 11 is 3.31. The summed E-state index contributed by atoms with van der Waals surface area (Å²) in [5.74, 6) is 0.731. The van der Waals surface area contributed by atoms with Crippen molar-refractivity contribution in [1.29, 1.82) is 0 Å². The summed E-state index contributed by atoms with van der Waals surface area (Å²) in [6.07, 6.45) is 3.28. The van der Waals surface area contributed by atoms with Gasteiger partial charge in [-0.05, 0) is 61.8 Å². The van der Waals surface area contributed by atoms with Crippen molar-refractivity contribution in [3.05, 3.63) is 42.0 Å². The molecule has 9 heteroatoms. The minimum absolute atomic E-state index is 0.119. The molecule has 1 aliphatic carbocycles. The molecule has 0 aliphatic heterocycles. The van der Waals surface area contributed by atoms with E-state index in [4.69, 9.17) is 4.74 Å². The van der Waals surface area contributed by atoms with Gasteiger partial charge < -0.3 is 4.74 Å². The number of hydrogen-bond donors (Lipinski definition) is 0. The number of rotatable bonds is 9. The van der Waals surface area contributed by atoms with E-state index in [2.05, 4.69) is 15.9 Å². The second-order valence-corrected chi connectivity index (χ2v) is 10.0. The van der Waals surface area contributed by atoms with Crippen molar-refractivity contribution in [1.82, 2.24) is 4.31 Å². The number of hydrogen-bond acceptors (Lipinski definition) is 3. The SMILES string of the molecule is CN(C[C@H]1CC[C@H](COCC=CCBr)CC1)S(=O)(=O)c1ccc(C(F)(F)F)cc1. The van der Waals surface area contributed by atoms with Gasteiger partial charge in [-0.15, -0.1) is 0 Å². The minimum Gasteiger partial charge on any atom is -0.377 e. The Morgan fingerprint density at radius 2 is 1.69 bits per heavy atom. The fourth-order valence-corrected chi connectivity index (χ4v) is 4.98. The summed E-state index contributed by atoms with van der Waals surface area (Å²) in [4.78, 5) is -0.119. The van der Waals surface area contributed by atoms with Gasteiger partial charge in [-0.2, -0.15) is 13.2 Å². The average Bonchev–Trinajstić information content (AvgIpc) is 2.68. The predicted octanol–water partition coefficient (Wildman–Crippen LogP) is 5.10. The molecule has 0 N–H and O–H groups in total. The van der Waals surface area contributed by atoms with Crippen LogP contribution < -0.4 is 0 Å². The van der Waals surface area contributed by atoms with Gasteiger partial charge in [0, 0.05) is 25.5 Å². The smallest absolute Gasteiger partial charge is 0.377 e. The zero-order valence-electron chi connectivity index (χ0n) is 16.4. The molecule has 1 saturated carbocycles. The molecule has 0 heterocycles. The maximum absolute atomic E-state index is 12.7. The van der Waals surface area contributed by atoms with Crippen molar-refractivity contribution in [3.63, 3.8) is 0 Å². The Balaban J connectivity index is 1.84. The highest BCUT2D eigenvalue weighted by Crippen LogP contribution is 2.32. The molecule has 0 bridgehead atoms. The molecular formula is C20H27BrF3NO3S. The summed E-state index contributed by atoms with van der Waals surface area (Å²) in [5, 5.41) is 0.810. The molecule has 0 atom stereocenters. The Labute approximate surface area is 179 Å². The van der Waals surface area contributed by atoms with E-state index in [0.29, 0.717) is 25.7 Å². The van der Waals surface area contributed by atoms with Crippen LogP contribution in [0.1, 0.15) is 31.2 Å². The minimum atomic E-state index is -4.49. The van der Waals surface area contributed by atoms with Gasteiger partial charge in [0.15, 0.2) is 0 Å². The summed E-state index contributed by atoms with van der Waals surface area (Å²) in [7, 11) is -2.32. The van der Waals surface area contributed by atoms with Crippen LogP contribution >= 0.6 is 15.9 Å². The van der Waals surface area contributed by atoms with Gasteiger partial charge in [0.05, 0.1) is 17.1 Å². The van der Waals surface area contributed by atoms with E-state index in [9.17, 15) is 21.6 Å². The molecule has 0 radical (unpaired) electrons. The second-order valence-electron chi connectivity index (χ2n) is 7.36. The largest absolute Gasteiger partial charge is 0.416 e. The molecule has 0 saturated heterocycles. The molecular weight excluding hydrogens is 471 g/mol. The molecule has 164 valence electrons. The second kappa shape index (κ2) is 10.9. The molecule has 1 aromatic rings. The van der Waals surface area contributed by atoms with Crippen LogP contribution in [0.5, 0.6) is 0 Å². The molecule has 0 aromatic heterocycles. The molecule has 0 spiro atoms. The predicted molar refractivity (Wildman–Crippen MR) is 110 cm³/mol. The normalized spacial score (nSPS) is 21.2. The Morgan fingerprint density at radius 3 is 2.24 bits per heavy atom. The molecule has 0 unspecified atom stereocenters. The first-order valence-corrected chi connectivity index (χ1v) is 12.1. The highest BCUT2D eigenvalue weighted by molar-refractivity contribution is 9.09. The first kappa shape index (κ1) is 24.4. The number of ether oxygens (including phenoxy) is 1. The Kier molecular flexibility index (Phi) is 9.18. The van der Waals surface area contributed by atoms with Gasteiger partial charge in [-0.1, -0.05) is 28.1 Å². The van der Waals surface area contributed by atoms with E-state index in [1.165, 1.54) is 11.4 Å². The van der Waals surface area contributed by atoms with Crippen LogP contribution in [0.2, 0.25) is 0 Å². The van der Waals surface area contributed by atoms with Crippen LogP contribution in [-0.2, 0) is 20.9 Å². The quantitative estimate of drug-likeness (QED) is 0.271. The standard InChI is InChI=1S/C20H27BrF3NO3S/c1-25(29(26,27)19-10-8-18(9-11-19)20(22,23)24)14-16-4-6-17(7-5-16)15-28-13-3-2-12-21/h2-3,8-11,16-17H,4-7,12-15H2,1H3/t16-,17-. The van der Waals surface area contributed by atoms with Gasteiger partial charge in [-0.25, -0.2) is 12.7 Å². The van der Waals surface area contributed by atoms with Crippen LogP contribution in [0, 0.1) is 11.8 Å². The number of alkyl halides is 4. The topological polar surface area (TPSA) is 46.6 Å². The molecule has 4 nitrogen and oxygen atoms in total. The van der Waals surface area contributed by atoms with Gasteiger partial charge in [0.1, 0.15) is 0 Å². The number of sulfonamides is 1. The lowest BCUT2D eigenvalue weighted by molar-refractivity contribution is -0.137. The van der Waals surface area contributed by atoms with Gasteiger partial charge in [-0.3, -0.25) is 0 Å². The Morgan fingerprint density at radius 1 is 1.10 bits per heavy atom. The third kappa shape index (κ3) is 7.38. The summed E-state index contributed by atoms with van der Waals surface area (Å²) in [6.45, 7) is 1.67. The molecule has 0 amide bonds. The molecule has 1 aromatic carbocycles. The first-order valence-electron chi connectivity index (χ1n) is 9.57. The molecule has 1 aliphatic rings. The lowest BCUT2D eigenvalue weighted by Gasteiger charge is -2.30. The summed E-state index contributed by atoms with van der Waals surface area (Å²) in [5.41, 5.74) is -0.859. The van der Waals surface area contributed by atoms with Gasteiger partial charge in [0.25, 0.3) is 0 Å². The maximum atomic E-state index is 12.7. The summed E-state index contributed by atoms with van der Waals surface area (Å²) < 4.78 is 70.3. The van der Waals surface area contributed by atoms with Crippen molar-refractivity contribution >= 4 is 26.0 Å². The maximum Gasteiger partial charge on any atom is 0.416 e. The third-order valence-corrected chi connectivity index (χ3v) is 7.41.